The number of rotatable bonds is 8. The lowest BCUT2D eigenvalue weighted by atomic mass is 10.1. The van der Waals surface area contributed by atoms with Gasteiger partial charge in [-0.2, -0.15) is 0 Å². The normalized spacial score (nSPS) is 10.8. The average Bonchev–Trinajstić information content (AvgIpc) is 2.67. The summed E-state index contributed by atoms with van der Waals surface area (Å²) in [6, 6.07) is 13.8. The minimum atomic E-state index is -0.0767. The summed E-state index contributed by atoms with van der Waals surface area (Å²) in [4.78, 5) is 15.4. The third-order valence-electron chi connectivity index (χ3n) is 4.43. The second kappa shape index (κ2) is 8.62. The third kappa shape index (κ3) is 4.42. The van der Waals surface area contributed by atoms with Crippen molar-refractivity contribution in [2.24, 2.45) is 0 Å². The van der Waals surface area contributed by atoms with Crippen molar-refractivity contribution in [3.8, 4) is 11.5 Å². The molecule has 0 amide bonds. The van der Waals surface area contributed by atoms with Gasteiger partial charge in [-0.25, -0.2) is 0 Å². The fourth-order valence-corrected chi connectivity index (χ4v) is 3.02. The molecule has 0 bridgehead atoms. The predicted octanol–water partition coefficient (Wildman–Crippen LogP) is 4.50. The Morgan fingerprint density at radius 2 is 1.78 bits per heavy atom. The molecule has 0 saturated carbocycles. The van der Waals surface area contributed by atoms with Crippen LogP contribution < -0.4 is 20.3 Å². The second-order valence-corrected chi connectivity index (χ2v) is 6.28. The first-order valence-corrected chi connectivity index (χ1v) is 9.43. The van der Waals surface area contributed by atoms with E-state index in [2.05, 4.69) is 29.4 Å². The summed E-state index contributed by atoms with van der Waals surface area (Å²) in [6.45, 7) is 7.56. The Hall–Kier alpha value is -2.95. The number of anilines is 1. The molecule has 0 atom stereocenters. The highest BCUT2D eigenvalue weighted by atomic mass is 16.5. The first-order valence-electron chi connectivity index (χ1n) is 9.43. The highest BCUT2D eigenvalue weighted by Crippen LogP contribution is 2.30. The molecule has 142 valence electrons. The largest absolute Gasteiger partial charge is 0.494 e. The summed E-state index contributed by atoms with van der Waals surface area (Å²) in [5.41, 5.74) is 3.52. The van der Waals surface area contributed by atoms with Crippen molar-refractivity contribution in [3.63, 3.8) is 0 Å². The fraction of sp³-hybridized carbons (Fsp3) is 0.318. The summed E-state index contributed by atoms with van der Waals surface area (Å²) in [7, 11) is 0. The van der Waals surface area contributed by atoms with Crippen LogP contribution in [0.1, 0.15) is 31.9 Å². The average molecular weight is 366 g/mol. The van der Waals surface area contributed by atoms with E-state index in [0.717, 1.165) is 28.8 Å². The van der Waals surface area contributed by atoms with E-state index in [1.807, 2.05) is 44.2 Å². The van der Waals surface area contributed by atoms with Crippen molar-refractivity contribution >= 4 is 16.6 Å². The number of aromatic amines is 1. The molecule has 3 rings (SSSR count). The van der Waals surface area contributed by atoms with Crippen LogP contribution in [0.2, 0.25) is 0 Å². The van der Waals surface area contributed by atoms with E-state index in [0.29, 0.717) is 31.1 Å². The van der Waals surface area contributed by atoms with Crippen molar-refractivity contribution in [2.75, 3.05) is 18.5 Å². The minimum Gasteiger partial charge on any atom is -0.494 e. The monoisotopic (exact) mass is 366 g/mol. The van der Waals surface area contributed by atoms with Gasteiger partial charge in [0.25, 0.3) is 5.56 Å². The molecule has 0 saturated heterocycles. The number of nitrogens with one attached hydrogen (secondary N) is 2. The minimum absolute atomic E-state index is 0.0767. The highest BCUT2D eigenvalue weighted by molar-refractivity contribution is 5.79. The summed E-state index contributed by atoms with van der Waals surface area (Å²) in [6.07, 6.45) is 0.944. The second-order valence-electron chi connectivity index (χ2n) is 6.28. The van der Waals surface area contributed by atoms with Gasteiger partial charge in [-0.05, 0) is 55.5 Å². The molecule has 2 N–H and O–H groups in total. The van der Waals surface area contributed by atoms with Gasteiger partial charge in [-0.3, -0.25) is 4.79 Å². The Morgan fingerprint density at radius 1 is 0.963 bits per heavy atom. The number of H-pyrrole nitrogens is 1. The smallest absolute Gasteiger partial charge is 0.253 e. The molecule has 0 aliphatic carbocycles. The van der Waals surface area contributed by atoms with Crippen molar-refractivity contribution in [3.05, 3.63) is 63.9 Å². The van der Waals surface area contributed by atoms with Crippen molar-refractivity contribution < 1.29 is 9.47 Å². The Labute approximate surface area is 159 Å². The number of benzene rings is 2. The molecule has 2 aromatic carbocycles. The number of aromatic nitrogens is 1. The van der Waals surface area contributed by atoms with Crippen molar-refractivity contribution in [2.45, 2.75) is 33.7 Å². The number of hydrogen-bond acceptors (Lipinski definition) is 4. The van der Waals surface area contributed by atoms with Gasteiger partial charge in [-0.1, -0.05) is 19.1 Å². The number of pyridine rings is 1. The zero-order chi connectivity index (χ0) is 19.2. The maximum atomic E-state index is 12.5. The van der Waals surface area contributed by atoms with Crippen molar-refractivity contribution in [1.29, 1.82) is 0 Å². The van der Waals surface area contributed by atoms with Crippen LogP contribution in [-0.2, 0) is 13.0 Å². The lowest BCUT2D eigenvalue weighted by Crippen LogP contribution is -2.16. The van der Waals surface area contributed by atoms with E-state index in [1.165, 1.54) is 5.56 Å². The highest BCUT2D eigenvalue weighted by Gasteiger charge is 2.08. The van der Waals surface area contributed by atoms with Crippen LogP contribution in [0, 0.1) is 0 Å². The van der Waals surface area contributed by atoms with Gasteiger partial charge < -0.3 is 19.8 Å². The van der Waals surface area contributed by atoms with Crippen LogP contribution >= 0.6 is 0 Å². The van der Waals surface area contributed by atoms with Gasteiger partial charge in [0, 0.05) is 23.7 Å². The fourth-order valence-electron chi connectivity index (χ4n) is 3.02. The predicted molar refractivity (Wildman–Crippen MR) is 110 cm³/mol. The molecule has 1 aromatic heterocycles. The van der Waals surface area contributed by atoms with Crippen LogP contribution in [0.3, 0.4) is 0 Å². The van der Waals surface area contributed by atoms with Crippen LogP contribution in [0.4, 0.5) is 5.69 Å². The summed E-state index contributed by atoms with van der Waals surface area (Å²) < 4.78 is 11.2. The molecule has 5 nitrogen and oxygen atoms in total. The molecule has 0 aliphatic rings. The van der Waals surface area contributed by atoms with E-state index in [1.54, 1.807) is 0 Å². The number of fused-ring (bicyclic) bond motifs is 1. The quantitative estimate of drug-likeness (QED) is 0.616. The summed E-state index contributed by atoms with van der Waals surface area (Å²) >= 11 is 0. The molecule has 5 heteroatoms. The lowest BCUT2D eigenvalue weighted by molar-refractivity contribution is 0.324. The number of hydrogen-bond donors (Lipinski definition) is 2. The maximum absolute atomic E-state index is 12.5. The molecule has 0 spiro atoms. The van der Waals surface area contributed by atoms with E-state index in [4.69, 9.17) is 9.47 Å². The van der Waals surface area contributed by atoms with E-state index < -0.39 is 0 Å². The molecular formula is C22H26N2O3. The van der Waals surface area contributed by atoms with Gasteiger partial charge in [0.1, 0.15) is 11.5 Å². The number of ether oxygens (including phenoxy) is 2. The van der Waals surface area contributed by atoms with E-state index in [9.17, 15) is 4.79 Å². The first-order chi connectivity index (χ1) is 13.1. The molecule has 0 fully saturated rings. The SMILES string of the molecule is CCOc1ccc(NCc2cc3ccc(CC)cc3[nH]c2=O)c(OCC)c1. The van der Waals surface area contributed by atoms with Gasteiger partial charge in [0.05, 0.1) is 18.9 Å². The molecule has 1 heterocycles. The van der Waals surface area contributed by atoms with Gasteiger partial charge in [0.2, 0.25) is 0 Å². The maximum Gasteiger partial charge on any atom is 0.253 e. The van der Waals surface area contributed by atoms with E-state index >= 15 is 0 Å². The van der Waals surface area contributed by atoms with E-state index in [-0.39, 0.29) is 5.56 Å². The van der Waals surface area contributed by atoms with Gasteiger partial charge >= 0.3 is 0 Å². The topological polar surface area (TPSA) is 63.3 Å². The molecule has 0 aliphatic heterocycles. The number of aryl methyl sites for hydroxylation is 1. The van der Waals surface area contributed by atoms with Gasteiger partial charge in [0.15, 0.2) is 0 Å². The first kappa shape index (κ1) is 18.8. The summed E-state index contributed by atoms with van der Waals surface area (Å²) in [5, 5.41) is 4.34. The van der Waals surface area contributed by atoms with Crippen LogP contribution in [0.5, 0.6) is 11.5 Å². The van der Waals surface area contributed by atoms with Crippen molar-refractivity contribution in [1.82, 2.24) is 4.98 Å². The van der Waals surface area contributed by atoms with Crippen LogP contribution in [-0.4, -0.2) is 18.2 Å². The Morgan fingerprint density at radius 3 is 2.52 bits per heavy atom. The molecule has 3 aromatic rings. The Balaban J connectivity index is 1.83. The molecule has 0 unspecified atom stereocenters. The van der Waals surface area contributed by atoms with Crippen LogP contribution in [0.25, 0.3) is 10.9 Å². The molecular weight excluding hydrogens is 340 g/mol. The summed E-state index contributed by atoms with van der Waals surface area (Å²) in [5.74, 6) is 1.48. The molecule has 0 radical (unpaired) electrons. The third-order valence-corrected chi connectivity index (χ3v) is 4.43. The Bertz CT molecular complexity index is 979. The lowest BCUT2D eigenvalue weighted by Gasteiger charge is -2.14. The zero-order valence-electron chi connectivity index (χ0n) is 16.1. The Kier molecular flexibility index (Phi) is 6.01. The zero-order valence-corrected chi connectivity index (χ0v) is 16.1. The van der Waals surface area contributed by atoms with Crippen LogP contribution in [0.15, 0.2) is 47.3 Å². The molecule has 27 heavy (non-hydrogen) atoms. The van der Waals surface area contributed by atoms with Gasteiger partial charge in [-0.15, -0.1) is 0 Å². The standard InChI is InChI=1S/C22H26N2O3/c1-4-15-7-8-16-12-17(22(25)24-20(16)11-15)14-23-19-10-9-18(26-5-2)13-21(19)27-6-3/h7-13,23H,4-6,14H2,1-3H3,(H,24,25).